The second-order valence-corrected chi connectivity index (χ2v) is 6.67. The lowest BCUT2D eigenvalue weighted by atomic mass is 10.0. The zero-order valence-electron chi connectivity index (χ0n) is 14.3. The second kappa shape index (κ2) is 10.3. The highest BCUT2D eigenvalue weighted by Gasteiger charge is 2.23. The molecule has 0 aliphatic carbocycles. The van der Waals surface area contributed by atoms with Crippen LogP contribution in [0.1, 0.15) is 25.8 Å². The van der Waals surface area contributed by atoms with Gasteiger partial charge in [0.2, 0.25) is 0 Å². The van der Waals surface area contributed by atoms with Gasteiger partial charge < -0.3 is 14.8 Å². The minimum Gasteiger partial charge on any atom is -0.467 e. The van der Waals surface area contributed by atoms with Crippen molar-refractivity contribution in [1.82, 2.24) is 5.32 Å². The lowest BCUT2D eigenvalue weighted by molar-refractivity contribution is -0.150. The van der Waals surface area contributed by atoms with Gasteiger partial charge in [0.15, 0.2) is 6.61 Å². The highest BCUT2D eigenvalue weighted by molar-refractivity contribution is 6.42. The Balaban J connectivity index is 2.49. The van der Waals surface area contributed by atoms with E-state index in [1.54, 1.807) is 18.2 Å². The van der Waals surface area contributed by atoms with Crippen LogP contribution in [0.5, 0.6) is 0 Å². The molecule has 0 aliphatic rings. The summed E-state index contributed by atoms with van der Waals surface area (Å²) in [5.74, 6) is -1.52. The molecule has 1 N–H and O–H groups in total. The van der Waals surface area contributed by atoms with Crippen LogP contribution in [0.3, 0.4) is 0 Å². The minimum atomic E-state index is -0.772. The maximum atomic E-state index is 11.9. The molecule has 6 nitrogen and oxygen atoms in total. The van der Waals surface area contributed by atoms with Crippen LogP contribution in [-0.4, -0.2) is 37.6 Å². The minimum absolute atomic E-state index is 0.0450. The number of amides is 1. The summed E-state index contributed by atoms with van der Waals surface area (Å²) in [7, 11) is 1.25. The number of carbonyl (C=O) groups excluding carboxylic acids is 3. The van der Waals surface area contributed by atoms with Gasteiger partial charge in [-0.15, -0.1) is 0 Å². The van der Waals surface area contributed by atoms with Crippen molar-refractivity contribution in [2.75, 3.05) is 13.7 Å². The molecular formula is C17H21Cl2NO5. The van der Waals surface area contributed by atoms with Crippen molar-refractivity contribution in [2.24, 2.45) is 5.92 Å². The Bertz CT molecular complexity index is 633. The van der Waals surface area contributed by atoms with Gasteiger partial charge in [0.1, 0.15) is 6.04 Å². The molecule has 0 spiro atoms. The number of rotatable bonds is 8. The quantitative estimate of drug-likeness (QED) is 0.691. The van der Waals surface area contributed by atoms with Gasteiger partial charge in [-0.2, -0.15) is 0 Å². The number of benzene rings is 1. The van der Waals surface area contributed by atoms with E-state index in [1.165, 1.54) is 7.11 Å². The van der Waals surface area contributed by atoms with E-state index in [0.717, 1.165) is 0 Å². The number of carbonyl (C=O) groups is 3. The Morgan fingerprint density at radius 2 is 1.84 bits per heavy atom. The maximum Gasteiger partial charge on any atom is 0.328 e. The Morgan fingerprint density at radius 3 is 2.40 bits per heavy atom. The first kappa shape index (κ1) is 21.3. The van der Waals surface area contributed by atoms with Crippen molar-refractivity contribution in [2.45, 2.75) is 32.7 Å². The number of nitrogens with one attached hydrogen (secondary N) is 1. The molecule has 0 radical (unpaired) electrons. The van der Waals surface area contributed by atoms with Gasteiger partial charge in [-0.1, -0.05) is 43.1 Å². The topological polar surface area (TPSA) is 81.7 Å². The molecule has 0 saturated heterocycles. The summed E-state index contributed by atoms with van der Waals surface area (Å²) in [6.07, 6.45) is 0.381. The van der Waals surface area contributed by atoms with Crippen molar-refractivity contribution in [3.63, 3.8) is 0 Å². The largest absolute Gasteiger partial charge is 0.467 e. The molecule has 0 fully saturated rings. The lowest BCUT2D eigenvalue weighted by Gasteiger charge is -2.18. The first-order valence-electron chi connectivity index (χ1n) is 7.69. The Hall–Kier alpha value is -1.79. The van der Waals surface area contributed by atoms with Gasteiger partial charge in [-0.25, -0.2) is 4.79 Å². The summed E-state index contributed by atoms with van der Waals surface area (Å²) in [5.41, 5.74) is 0.618. The Kier molecular flexibility index (Phi) is 8.72. The molecule has 1 unspecified atom stereocenters. The van der Waals surface area contributed by atoms with Gasteiger partial charge in [0.05, 0.1) is 23.6 Å². The summed E-state index contributed by atoms with van der Waals surface area (Å²) < 4.78 is 9.57. The highest BCUT2D eigenvalue weighted by Crippen LogP contribution is 2.22. The van der Waals surface area contributed by atoms with Crippen molar-refractivity contribution in [3.8, 4) is 0 Å². The summed E-state index contributed by atoms with van der Waals surface area (Å²) in [6.45, 7) is 3.35. The van der Waals surface area contributed by atoms with Crippen LogP contribution in [-0.2, 0) is 30.3 Å². The van der Waals surface area contributed by atoms with E-state index in [-0.39, 0.29) is 12.3 Å². The molecule has 1 rings (SSSR count). The molecule has 0 aromatic heterocycles. The maximum absolute atomic E-state index is 11.9. The molecule has 1 amide bonds. The van der Waals surface area contributed by atoms with Gasteiger partial charge in [0.25, 0.3) is 5.91 Å². The molecule has 0 bridgehead atoms. The van der Waals surface area contributed by atoms with E-state index in [0.29, 0.717) is 22.0 Å². The number of hydrogen-bond donors (Lipinski definition) is 1. The average molecular weight is 390 g/mol. The summed E-state index contributed by atoms with van der Waals surface area (Å²) in [4.78, 5) is 35.3. The first-order chi connectivity index (χ1) is 11.7. The smallest absolute Gasteiger partial charge is 0.328 e. The predicted molar refractivity (Wildman–Crippen MR) is 94.5 cm³/mol. The van der Waals surface area contributed by atoms with Crippen molar-refractivity contribution >= 4 is 41.0 Å². The predicted octanol–water partition coefficient (Wildman–Crippen LogP) is 2.78. The number of methoxy groups -OCH3 is 1. The van der Waals surface area contributed by atoms with E-state index in [2.05, 4.69) is 10.1 Å². The molecule has 1 aromatic rings. The summed E-state index contributed by atoms with van der Waals surface area (Å²) in [5, 5.41) is 3.22. The van der Waals surface area contributed by atoms with Crippen LogP contribution >= 0.6 is 23.2 Å². The van der Waals surface area contributed by atoms with E-state index in [9.17, 15) is 14.4 Å². The Labute approximate surface area is 156 Å². The third-order valence-electron chi connectivity index (χ3n) is 3.22. The van der Waals surface area contributed by atoms with Crippen molar-refractivity contribution in [3.05, 3.63) is 33.8 Å². The molecule has 0 aliphatic heterocycles. The van der Waals surface area contributed by atoms with E-state index in [4.69, 9.17) is 27.9 Å². The lowest BCUT2D eigenvalue weighted by Crippen LogP contribution is -2.44. The average Bonchev–Trinajstić information content (AvgIpc) is 2.54. The molecule has 1 atom stereocenters. The SMILES string of the molecule is COC(=O)C(CC(C)C)NC(=O)COC(=O)Cc1ccc(Cl)c(Cl)c1. The summed E-state index contributed by atoms with van der Waals surface area (Å²) in [6, 6.07) is 4.00. The monoisotopic (exact) mass is 389 g/mol. The zero-order valence-corrected chi connectivity index (χ0v) is 15.8. The van der Waals surface area contributed by atoms with Crippen LogP contribution in [0.4, 0.5) is 0 Å². The van der Waals surface area contributed by atoms with Crippen LogP contribution in [0.2, 0.25) is 10.0 Å². The standard InChI is InChI=1S/C17H21Cl2NO5/c1-10(2)6-14(17(23)24-3)20-15(21)9-25-16(22)8-11-4-5-12(18)13(19)7-11/h4-5,7,10,14H,6,8-9H2,1-3H3,(H,20,21). The molecule has 1 aromatic carbocycles. The zero-order chi connectivity index (χ0) is 19.0. The number of hydrogen-bond acceptors (Lipinski definition) is 5. The molecular weight excluding hydrogens is 369 g/mol. The normalized spacial score (nSPS) is 11.8. The van der Waals surface area contributed by atoms with Crippen molar-refractivity contribution in [1.29, 1.82) is 0 Å². The first-order valence-corrected chi connectivity index (χ1v) is 8.45. The van der Waals surface area contributed by atoms with Crippen molar-refractivity contribution < 1.29 is 23.9 Å². The third kappa shape index (κ3) is 7.75. The fourth-order valence-corrected chi connectivity index (χ4v) is 2.40. The van der Waals surface area contributed by atoms with Gasteiger partial charge in [-0.3, -0.25) is 9.59 Å². The van der Waals surface area contributed by atoms with E-state index >= 15 is 0 Å². The molecule has 25 heavy (non-hydrogen) atoms. The molecule has 0 heterocycles. The van der Waals surface area contributed by atoms with Crippen LogP contribution in [0.25, 0.3) is 0 Å². The van der Waals surface area contributed by atoms with Gasteiger partial charge in [-0.05, 0) is 30.0 Å². The molecule has 8 heteroatoms. The Morgan fingerprint density at radius 1 is 1.16 bits per heavy atom. The fraction of sp³-hybridized carbons (Fsp3) is 0.471. The van der Waals surface area contributed by atoms with Gasteiger partial charge in [0, 0.05) is 0 Å². The highest BCUT2D eigenvalue weighted by atomic mass is 35.5. The number of ether oxygens (including phenoxy) is 2. The molecule has 138 valence electrons. The number of esters is 2. The van der Waals surface area contributed by atoms with Gasteiger partial charge >= 0.3 is 11.9 Å². The fourth-order valence-electron chi connectivity index (χ4n) is 2.08. The van der Waals surface area contributed by atoms with Crippen LogP contribution < -0.4 is 5.32 Å². The van der Waals surface area contributed by atoms with Crippen LogP contribution in [0.15, 0.2) is 18.2 Å². The molecule has 0 saturated carbocycles. The van der Waals surface area contributed by atoms with E-state index < -0.39 is 30.5 Å². The van der Waals surface area contributed by atoms with E-state index in [1.807, 2.05) is 13.8 Å². The summed E-state index contributed by atoms with van der Waals surface area (Å²) >= 11 is 11.7. The van der Waals surface area contributed by atoms with Crippen LogP contribution in [0, 0.1) is 5.92 Å². The number of halogens is 2. The third-order valence-corrected chi connectivity index (χ3v) is 3.96. The second-order valence-electron chi connectivity index (χ2n) is 5.86.